The lowest BCUT2D eigenvalue weighted by molar-refractivity contribution is 0.354. The Bertz CT molecular complexity index is 538. The number of nitrogens with zero attached hydrogens (tertiary/aromatic N) is 2. The highest BCUT2D eigenvalue weighted by Gasteiger charge is 2.58. The van der Waals surface area contributed by atoms with Gasteiger partial charge in [0, 0.05) is 18.3 Å². The summed E-state index contributed by atoms with van der Waals surface area (Å²) in [6.07, 6.45) is 4.89. The van der Waals surface area contributed by atoms with E-state index in [1.807, 2.05) is 0 Å². The molecule has 18 heavy (non-hydrogen) atoms. The largest absolute Gasteiger partial charge is 0.316 e. The second-order valence-corrected chi connectivity index (χ2v) is 7.31. The smallest absolute Gasteiger partial charge is 0.246 e. The number of aromatic nitrogens is 2. The third-order valence-electron chi connectivity index (χ3n) is 4.76. The zero-order valence-corrected chi connectivity index (χ0v) is 10.7. The zero-order valence-electron chi connectivity index (χ0n) is 9.91. The molecule has 0 saturated carbocycles. The van der Waals surface area contributed by atoms with Crippen LogP contribution in [0.15, 0.2) is 17.3 Å². The maximum Gasteiger partial charge on any atom is 0.246 e. The molecule has 3 aliphatic heterocycles. The molecule has 0 unspecified atom stereocenters. The Labute approximate surface area is 106 Å². The van der Waals surface area contributed by atoms with E-state index < -0.39 is 10.0 Å². The van der Waals surface area contributed by atoms with Crippen molar-refractivity contribution in [1.29, 1.82) is 0 Å². The summed E-state index contributed by atoms with van der Waals surface area (Å²) in [6.45, 7) is 1.92. The predicted octanol–water partition coefficient (Wildman–Crippen LogP) is -0.219. The molecule has 6 nitrogen and oxygen atoms in total. The van der Waals surface area contributed by atoms with Crippen LogP contribution in [0.25, 0.3) is 0 Å². The maximum absolute atomic E-state index is 12.6. The lowest BCUT2D eigenvalue weighted by atomic mass is 9.82. The number of rotatable bonds is 2. The zero-order chi connectivity index (χ0) is 12.3. The van der Waals surface area contributed by atoms with Crippen LogP contribution >= 0.6 is 0 Å². The highest BCUT2D eigenvalue weighted by atomic mass is 32.2. The van der Waals surface area contributed by atoms with Gasteiger partial charge in [-0.2, -0.15) is 9.40 Å². The summed E-state index contributed by atoms with van der Waals surface area (Å²) in [5.74, 6) is 1.01. The van der Waals surface area contributed by atoms with E-state index in [2.05, 4.69) is 15.5 Å². The van der Waals surface area contributed by atoms with Gasteiger partial charge in [-0.15, -0.1) is 0 Å². The molecule has 1 aromatic heterocycles. The first-order valence-electron chi connectivity index (χ1n) is 6.42. The lowest BCUT2D eigenvalue weighted by Gasteiger charge is -2.23. The third kappa shape index (κ3) is 1.24. The predicted molar refractivity (Wildman–Crippen MR) is 64.3 cm³/mol. The number of fused-ring (bicyclic) bond motifs is 5. The van der Waals surface area contributed by atoms with Gasteiger partial charge in [0.05, 0.1) is 6.20 Å². The molecule has 4 atom stereocenters. The van der Waals surface area contributed by atoms with Gasteiger partial charge in [0.1, 0.15) is 4.90 Å². The van der Waals surface area contributed by atoms with Crippen LogP contribution in [0.4, 0.5) is 0 Å². The highest BCUT2D eigenvalue weighted by molar-refractivity contribution is 7.89. The van der Waals surface area contributed by atoms with Gasteiger partial charge < -0.3 is 5.32 Å². The molecule has 0 spiro atoms. The Kier molecular flexibility index (Phi) is 2.16. The Hall–Kier alpha value is -0.920. The summed E-state index contributed by atoms with van der Waals surface area (Å²) in [5, 5.41) is 9.74. The van der Waals surface area contributed by atoms with E-state index in [-0.39, 0.29) is 12.1 Å². The molecule has 98 valence electrons. The third-order valence-corrected chi connectivity index (χ3v) is 6.67. The van der Waals surface area contributed by atoms with E-state index in [1.165, 1.54) is 12.4 Å². The standard InChI is InChI=1S/C11H16N4O2S/c16-18(17,7-3-13-14-4-7)15-10-1-2-11(15)9-6-12-5-8(9)10/h3-4,8-12H,1-2,5-6H2,(H,13,14)/t8-,9+,10-,11+. The normalized spacial score (nSPS) is 39.3. The van der Waals surface area contributed by atoms with Crippen molar-refractivity contribution in [3.8, 4) is 0 Å². The fourth-order valence-corrected chi connectivity index (χ4v) is 5.94. The van der Waals surface area contributed by atoms with Gasteiger partial charge in [0.25, 0.3) is 0 Å². The molecule has 0 radical (unpaired) electrons. The van der Waals surface area contributed by atoms with Crippen LogP contribution in [-0.4, -0.2) is 48.1 Å². The van der Waals surface area contributed by atoms with Gasteiger partial charge in [0.15, 0.2) is 0 Å². The van der Waals surface area contributed by atoms with Crippen LogP contribution in [-0.2, 0) is 10.0 Å². The summed E-state index contributed by atoms with van der Waals surface area (Å²) in [7, 11) is -3.36. The van der Waals surface area contributed by atoms with E-state index in [9.17, 15) is 8.42 Å². The first-order valence-corrected chi connectivity index (χ1v) is 7.86. The van der Waals surface area contributed by atoms with Crippen LogP contribution in [0, 0.1) is 11.8 Å². The summed E-state index contributed by atoms with van der Waals surface area (Å²) >= 11 is 0. The first-order chi connectivity index (χ1) is 8.69. The number of sulfonamides is 1. The van der Waals surface area contributed by atoms with Gasteiger partial charge >= 0.3 is 0 Å². The molecule has 4 heterocycles. The highest BCUT2D eigenvalue weighted by Crippen LogP contribution is 2.49. The van der Waals surface area contributed by atoms with Crippen molar-refractivity contribution in [3.05, 3.63) is 12.4 Å². The van der Waals surface area contributed by atoms with Gasteiger partial charge in [0.2, 0.25) is 10.0 Å². The molecule has 4 rings (SSSR count). The average Bonchev–Trinajstić information content (AvgIpc) is 3.12. The van der Waals surface area contributed by atoms with Crippen LogP contribution in [0.1, 0.15) is 12.8 Å². The maximum atomic E-state index is 12.6. The van der Waals surface area contributed by atoms with Crippen molar-refractivity contribution in [1.82, 2.24) is 19.8 Å². The van der Waals surface area contributed by atoms with Crippen molar-refractivity contribution < 1.29 is 8.42 Å². The van der Waals surface area contributed by atoms with E-state index in [1.54, 1.807) is 4.31 Å². The second kappa shape index (κ2) is 3.55. The van der Waals surface area contributed by atoms with Crippen molar-refractivity contribution in [2.75, 3.05) is 13.1 Å². The van der Waals surface area contributed by atoms with Crippen LogP contribution in [0.5, 0.6) is 0 Å². The van der Waals surface area contributed by atoms with Crippen molar-refractivity contribution in [2.24, 2.45) is 11.8 Å². The van der Waals surface area contributed by atoms with E-state index in [0.717, 1.165) is 25.9 Å². The molecule has 3 saturated heterocycles. The molecule has 0 amide bonds. The Morgan fingerprint density at radius 3 is 2.44 bits per heavy atom. The summed E-state index contributed by atoms with van der Waals surface area (Å²) in [4.78, 5) is 0.298. The van der Waals surface area contributed by atoms with Gasteiger partial charge in [-0.05, 0) is 37.8 Å². The Morgan fingerprint density at radius 1 is 1.22 bits per heavy atom. The van der Waals surface area contributed by atoms with Crippen LogP contribution < -0.4 is 5.32 Å². The minimum atomic E-state index is -3.36. The molecule has 7 heteroatoms. The Morgan fingerprint density at radius 2 is 1.89 bits per heavy atom. The molecule has 3 fully saturated rings. The number of aromatic amines is 1. The second-order valence-electron chi connectivity index (χ2n) is 5.47. The molecule has 0 aliphatic carbocycles. The summed E-state index contributed by atoms with van der Waals surface area (Å²) in [6, 6.07) is 0.379. The molecule has 3 aliphatic rings. The average molecular weight is 268 g/mol. The molecule has 1 aromatic rings. The van der Waals surface area contributed by atoms with Crippen molar-refractivity contribution in [3.63, 3.8) is 0 Å². The monoisotopic (exact) mass is 268 g/mol. The van der Waals surface area contributed by atoms with Gasteiger partial charge in [-0.1, -0.05) is 0 Å². The van der Waals surface area contributed by atoms with Crippen molar-refractivity contribution in [2.45, 2.75) is 29.8 Å². The van der Waals surface area contributed by atoms with Crippen molar-refractivity contribution >= 4 is 10.0 Å². The lowest BCUT2D eigenvalue weighted by Crippen LogP contribution is -2.39. The Balaban J connectivity index is 1.75. The number of nitrogens with one attached hydrogen (secondary N) is 2. The topological polar surface area (TPSA) is 78.1 Å². The quantitative estimate of drug-likeness (QED) is 0.777. The van der Waals surface area contributed by atoms with Gasteiger partial charge in [-0.25, -0.2) is 8.42 Å². The fourth-order valence-electron chi connectivity index (χ4n) is 4.07. The number of H-pyrrole nitrogens is 1. The van der Waals surface area contributed by atoms with Gasteiger partial charge in [-0.3, -0.25) is 5.10 Å². The molecule has 2 bridgehead atoms. The summed E-state index contributed by atoms with van der Waals surface area (Å²) in [5.41, 5.74) is 0. The van der Waals surface area contributed by atoms with Crippen LogP contribution in [0.3, 0.4) is 0 Å². The fraction of sp³-hybridized carbons (Fsp3) is 0.727. The van der Waals surface area contributed by atoms with E-state index >= 15 is 0 Å². The minimum absolute atomic E-state index is 0.190. The number of hydrogen-bond donors (Lipinski definition) is 2. The van der Waals surface area contributed by atoms with E-state index in [4.69, 9.17) is 0 Å². The molecule has 0 aromatic carbocycles. The van der Waals surface area contributed by atoms with Crippen LogP contribution in [0.2, 0.25) is 0 Å². The molecular weight excluding hydrogens is 252 g/mol. The number of hydrogen-bond acceptors (Lipinski definition) is 4. The van der Waals surface area contributed by atoms with E-state index in [0.29, 0.717) is 16.7 Å². The SMILES string of the molecule is O=S(=O)(c1cn[nH]c1)N1[C@@H]2CC[C@H]1[C@H]1CNC[C@H]12. The minimum Gasteiger partial charge on any atom is -0.316 e. The molecule has 2 N–H and O–H groups in total. The summed E-state index contributed by atoms with van der Waals surface area (Å²) < 4.78 is 27.0. The molecular formula is C11H16N4O2S. The first kappa shape index (κ1) is 11.0.